The van der Waals surface area contributed by atoms with Gasteiger partial charge in [0.2, 0.25) is 0 Å². The fourth-order valence-electron chi connectivity index (χ4n) is 3.33. The van der Waals surface area contributed by atoms with Crippen LogP contribution in [0.3, 0.4) is 0 Å². The van der Waals surface area contributed by atoms with Crippen LogP contribution in [-0.4, -0.2) is 25.6 Å². The van der Waals surface area contributed by atoms with Crippen molar-refractivity contribution < 1.29 is 23.5 Å². The molecule has 2 aliphatic heterocycles. The van der Waals surface area contributed by atoms with E-state index in [2.05, 4.69) is 10.1 Å². The van der Waals surface area contributed by atoms with Crippen LogP contribution in [0.2, 0.25) is 0 Å². The molecule has 1 N–H and O–H groups in total. The molecule has 2 heterocycles. The summed E-state index contributed by atoms with van der Waals surface area (Å²) in [6.45, 7) is 0.351. The molecule has 0 aromatic heterocycles. The first-order valence-electron chi connectivity index (χ1n) is 8.90. The number of fused-ring (bicyclic) bond motifs is 1. The summed E-state index contributed by atoms with van der Waals surface area (Å²) in [6, 6.07) is 12.1. The highest BCUT2D eigenvalue weighted by Crippen LogP contribution is 2.38. The van der Waals surface area contributed by atoms with Gasteiger partial charge >= 0.3 is 5.97 Å². The van der Waals surface area contributed by atoms with Gasteiger partial charge in [0.15, 0.2) is 0 Å². The van der Waals surface area contributed by atoms with Crippen LogP contribution in [0.15, 0.2) is 54.3 Å². The zero-order chi connectivity index (χ0) is 19.7. The molecule has 0 atom stereocenters. The van der Waals surface area contributed by atoms with Gasteiger partial charge in [-0.1, -0.05) is 24.3 Å². The Kier molecular flexibility index (Phi) is 4.69. The highest BCUT2D eigenvalue weighted by atomic mass is 19.1. The summed E-state index contributed by atoms with van der Waals surface area (Å²) in [4.78, 5) is 23.6. The predicted molar refractivity (Wildman–Crippen MR) is 103 cm³/mol. The monoisotopic (exact) mass is 379 g/mol. The minimum absolute atomic E-state index is 0.234. The Morgan fingerprint density at radius 2 is 2.00 bits per heavy atom. The molecule has 0 unspecified atom stereocenters. The van der Waals surface area contributed by atoms with Crippen molar-refractivity contribution in [3.05, 3.63) is 76.8 Å². The highest BCUT2D eigenvalue weighted by molar-refractivity contribution is 6.32. The second kappa shape index (κ2) is 7.31. The molecule has 0 radical (unpaired) electrons. The average molecular weight is 379 g/mol. The Balaban J connectivity index is 1.57. The summed E-state index contributed by atoms with van der Waals surface area (Å²) in [5.74, 6) is -0.456. The van der Waals surface area contributed by atoms with Gasteiger partial charge in [-0.25, -0.2) is 4.39 Å². The van der Waals surface area contributed by atoms with E-state index in [1.807, 2.05) is 30.3 Å². The lowest BCUT2D eigenvalue weighted by molar-refractivity contribution is -0.140. The van der Waals surface area contributed by atoms with Crippen LogP contribution in [-0.2, 0) is 25.5 Å². The number of esters is 1. The van der Waals surface area contributed by atoms with E-state index in [0.29, 0.717) is 42.0 Å². The number of rotatable bonds is 4. The molecule has 142 valence electrons. The summed E-state index contributed by atoms with van der Waals surface area (Å²) in [6.07, 6.45) is 2.80. The summed E-state index contributed by atoms with van der Waals surface area (Å²) < 4.78 is 23.8. The van der Waals surface area contributed by atoms with Crippen LogP contribution in [0.5, 0.6) is 0 Å². The highest BCUT2D eigenvalue weighted by Gasteiger charge is 2.30. The van der Waals surface area contributed by atoms with E-state index >= 15 is 0 Å². The second-order valence-electron chi connectivity index (χ2n) is 6.61. The number of nitrogens with one attached hydrogen (secondary N) is 1. The Morgan fingerprint density at radius 3 is 2.75 bits per heavy atom. The van der Waals surface area contributed by atoms with Crippen molar-refractivity contribution in [3.63, 3.8) is 0 Å². The Morgan fingerprint density at radius 1 is 1.21 bits per heavy atom. The van der Waals surface area contributed by atoms with Gasteiger partial charge in [-0.2, -0.15) is 0 Å². The molecular formula is C22H18FNO4. The number of anilines is 1. The molecule has 2 aliphatic rings. The van der Waals surface area contributed by atoms with Gasteiger partial charge in [-0.05, 0) is 41.8 Å². The van der Waals surface area contributed by atoms with Crippen LogP contribution in [0.25, 0.3) is 11.1 Å². The SMILES string of the molecule is COC(=O)CCc1ccc(C2=CC(=C3C(=O)Nc4cc(F)ccc43)OC2)cc1. The molecule has 5 nitrogen and oxygen atoms in total. The first-order valence-corrected chi connectivity index (χ1v) is 8.90. The molecule has 0 saturated heterocycles. The molecule has 0 bridgehead atoms. The first-order chi connectivity index (χ1) is 13.5. The second-order valence-corrected chi connectivity index (χ2v) is 6.61. The number of hydrogen-bond acceptors (Lipinski definition) is 4. The van der Waals surface area contributed by atoms with Crippen molar-refractivity contribution in [2.45, 2.75) is 12.8 Å². The molecule has 4 rings (SSSR count). The number of halogens is 1. The molecule has 0 saturated carbocycles. The number of hydrogen-bond donors (Lipinski definition) is 1. The van der Waals surface area contributed by atoms with Crippen molar-refractivity contribution in [2.24, 2.45) is 0 Å². The van der Waals surface area contributed by atoms with Crippen molar-refractivity contribution >= 4 is 28.7 Å². The van der Waals surface area contributed by atoms with Crippen LogP contribution >= 0.6 is 0 Å². The van der Waals surface area contributed by atoms with Crippen LogP contribution in [0, 0.1) is 5.82 Å². The van der Waals surface area contributed by atoms with Crippen molar-refractivity contribution in [2.75, 3.05) is 19.0 Å². The maximum atomic E-state index is 13.4. The zero-order valence-corrected chi connectivity index (χ0v) is 15.3. The molecule has 0 fully saturated rings. The third-order valence-electron chi connectivity index (χ3n) is 4.83. The summed E-state index contributed by atoms with van der Waals surface area (Å²) in [7, 11) is 1.38. The molecule has 1 amide bonds. The van der Waals surface area contributed by atoms with E-state index in [-0.39, 0.29) is 11.9 Å². The summed E-state index contributed by atoms with van der Waals surface area (Å²) in [5.41, 5.74) is 4.48. The maximum Gasteiger partial charge on any atom is 0.305 e. The molecule has 0 aliphatic carbocycles. The molecule has 6 heteroatoms. The molecule has 0 spiro atoms. The topological polar surface area (TPSA) is 64.6 Å². The van der Waals surface area contributed by atoms with Crippen LogP contribution < -0.4 is 5.32 Å². The molecule has 2 aromatic rings. The number of ether oxygens (including phenoxy) is 2. The number of allylic oxidation sites excluding steroid dienone is 1. The minimum atomic E-state index is -0.402. The quantitative estimate of drug-likeness (QED) is 0.650. The number of carbonyl (C=O) groups excluding carboxylic acids is 2. The fraction of sp³-hybridized carbons (Fsp3) is 0.182. The van der Waals surface area contributed by atoms with Crippen molar-refractivity contribution in [1.29, 1.82) is 0 Å². The van der Waals surface area contributed by atoms with Crippen molar-refractivity contribution in [1.82, 2.24) is 0 Å². The minimum Gasteiger partial charge on any atom is -0.488 e. The van der Waals surface area contributed by atoms with Gasteiger partial charge in [0.25, 0.3) is 5.91 Å². The smallest absolute Gasteiger partial charge is 0.305 e. The first kappa shape index (κ1) is 18.0. The lowest BCUT2D eigenvalue weighted by atomic mass is 10.0. The van der Waals surface area contributed by atoms with E-state index < -0.39 is 5.82 Å². The lowest BCUT2D eigenvalue weighted by Gasteiger charge is -2.04. The molecular weight excluding hydrogens is 361 g/mol. The third-order valence-corrected chi connectivity index (χ3v) is 4.83. The van der Waals surface area contributed by atoms with E-state index in [1.165, 1.54) is 19.2 Å². The van der Waals surface area contributed by atoms with Crippen molar-refractivity contribution in [3.8, 4) is 0 Å². The average Bonchev–Trinajstić information content (AvgIpc) is 3.29. The number of methoxy groups -OCH3 is 1. The summed E-state index contributed by atoms with van der Waals surface area (Å²) >= 11 is 0. The van der Waals surface area contributed by atoms with Gasteiger partial charge in [0.1, 0.15) is 18.2 Å². The van der Waals surface area contributed by atoms with Gasteiger partial charge in [0, 0.05) is 17.6 Å². The van der Waals surface area contributed by atoms with Gasteiger partial charge in [-0.3, -0.25) is 9.59 Å². The predicted octanol–water partition coefficient (Wildman–Crippen LogP) is 3.71. The number of amides is 1. The zero-order valence-electron chi connectivity index (χ0n) is 15.3. The van der Waals surface area contributed by atoms with E-state index in [4.69, 9.17) is 4.74 Å². The largest absolute Gasteiger partial charge is 0.488 e. The molecule has 28 heavy (non-hydrogen) atoms. The van der Waals surface area contributed by atoms with Gasteiger partial charge < -0.3 is 14.8 Å². The number of benzene rings is 2. The van der Waals surface area contributed by atoms with E-state index in [1.54, 1.807) is 6.07 Å². The van der Waals surface area contributed by atoms with Gasteiger partial charge in [-0.15, -0.1) is 0 Å². The summed E-state index contributed by atoms with van der Waals surface area (Å²) in [5, 5.41) is 2.67. The van der Waals surface area contributed by atoms with E-state index in [9.17, 15) is 14.0 Å². The normalized spacial score (nSPS) is 17.6. The van der Waals surface area contributed by atoms with Crippen LogP contribution in [0.4, 0.5) is 10.1 Å². The van der Waals surface area contributed by atoms with Gasteiger partial charge in [0.05, 0.1) is 18.4 Å². The molecule has 2 aromatic carbocycles. The number of aryl methyl sites for hydroxylation is 1. The third kappa shape index (κ3) is 3.41. The fourth-order valence-corrected chi connectivity index (χ4v) is 3.33. The lowest BCUT2D eigenvalue weighted by Crippen LogP contribution is -2.05. The Labute approximate surface area is 161 Å². The maximum absolute atomic E-state index is 13.4. The number of carbonyl (C=O) groups is 2. The van der Waals surface area contributed by atoms with E-state index in [0.717, 1.165) is 16.7 Å². The van der Waals surface area contributed by atoms with Crippen LogP contribution in [0.1, 0.15) is 23.1 Å². The Bertz CT molecular complexity index is 1020. The Hall–Kier alpha value is -3.41. The standard InChI is InChI=1S/C22H18FNO4/c1-27-20(25)9-4-13-2-5-14(6-3-13)15-10-19(28-12-15)21-17-8-7-16(23)11-18(17)24-22(21)26/h2-3,5-8,10-11H,4,9,12H2,1H3,(H,24,26).